The highest BCUT2D eigenvalue weighted by atomic mass is 32.1. The number of thiol groups is 1. The van der Waals surface area contributed by atoms with Gasteiger partial charge in [0.15, 0.2) is 0 Å². The molecule has 0 saturated heterocycles. The van der Waals surface area contributed by atoms with E-state index in [0.717, 1.165) is 5.75 Å². The first kappa shape index (κ1) is 22.8. The molecule has 0 spiro atoms. The van der Waals surface area contributed by atoms with Crippen molar-refractivity contribution in [3.63, 3.8) is 0 Å². The van der Waals surface area contributed by atoms with E-state index in [9.17, 15) is 9.59 Å². The highest BCUT2D eigenvalue weighted by Gasteiger charge is 2.13. The average molecular weight is 415 g/mol. The van der Waals surface area contributed by atoms with Crippen LogP contribution < -0.4 is 15.4 Å². The first-order valence-electron chi connectivity index (χ1n) is 9.83. The molecule has 0 atom stereocenters. The Bertz CT molecular complexity index is 814. The number of amides is 2. The fourth-order valence-corrected chi connectivity index (χ4v) is 2.96. The van der Waals surface area contributed by atoms with Gasteiger partial charge in [-0.25, -0.2) is 0 Å². The maximum Gasteiger partial charge on any atom is 0.252 e. The Kier molecular flexibility index (Phi) is 8.58. The van der Waals surface area contributed by atoms with Crippen molar-refractivity contribution < 1.29 is 14.3 Å². The third-order valence-electron chi connectivity index (χ3n) is 4.42. The predicted octanol–water partition coefficient (Wildman–Crippen LogP) is 3.98. The lowest BCUT2D eigenvalue weighted by molar-refractivity contribution is -0.121. The Morgan fingerprint density at radius 3 is 2.28 bits per heavy atom. The lowest BCUT2D eigenvalue weighted by Gasteiger charge is -2.19. The van der Waals surface area contributed by atoms with Gasteiger partial charge in [0.25, 0.3) is 5.91 Å². The molecule has 29 heavy (non-hydrogen) atoms. The molecule has 0 aliphatic heterocycles. The van der Waals surface area contributed by atoms with Crippen molar-refractivity contribution in [2.24, 2.45) is 0 Å². The Morgan fingerprint density at radius 2 is 1.62 bits per heavy atom. The predicted molar refractivity (Wildman–Crippen MR) is 119 cm³/mol. The van der Waals surface area contributed by atoms with Gasteiger partial charge in [0.2, 0.25) is 5.91 Å². The third-order valence-corrected chi connectivity index (χ3v) is 4.81. The lowest BCUT2D eigenvalue weighted by Crippen LogP contribution is -2.34. The molecule has 2 aromatic rings. The molecular formula is C23H30N2O3S. The van der Waals surface area contributed by atoms with E-state index in [2.05, 4.69) is 56.2 Å². The van der Waals surface area contributed by atoms with Crippen LogP contribution in [0.2, 0.25) is 0 Å². The van der Waals surface area contributed by atoms with Crippen molar-refractivity contribution in [2.75, 3.05) is 19.7 Å². The van der Waals surface area contributed by atoms with Gasteiger partial charge in [-0.1, -0.05) is 45.0 Å². The Labute approximate surface area is 178 Å². The molecular weight excluding hydrogens is 384 g/mol. The minimum atomic E-state index is -0.198. The summed E-state index contributed by atoms with van der Waals surface area (Å²) in [5.41, 5.74) is 1.90. The van der Waals surface area contributed by atoms with Gasteiger partial charge >= 0.3 is 0 Å². The number of ether oxygens (including phenoxy) is 1. The van der Waals surface area contributed by atoms with E-state index in [4.69, 9.17) is 4.74 Å². The highest BCUT2D eigenvalue weighted by molar-refractivity contribution is 7.80. The maximum atomic E-state index is 12.0. The van der Waals surface area contributed by atoms with Crippen LogP contribution in [0.1, 0.15) is 49.5 Å². The van der Waals surface area contributed by atoms with Crippen LogP contribution >= 0.6 is 12.6 Å². The molecule has 0 bridgehead atoms. The fourth-order valence-electron chi connectivity index (χ4n) is 2.70. The Balaban J connectivity index is 1.58. The van der Waals surface area contributed by atoms with Crippen molar-refractivity contribution in [1.29, 1.82) is 0 Å². The lowest BCUT2D eigenvalue weighted by atomic mass is 9.87. The first-order valence-corrected chi connectivity index (χ1v) is 10.3. The van der Waals surface area contributed by atoms with Gasteiger partial charge in [-0.05, 0) is 41.7 Å². The van der Waals surface area contributed by atoms with Crippen LogP contribution in [-0.2, 0) is 10.2 Å². The van der Waals surface area contributed by atoms with Gasteiger partial charge in [-0.3, -0.25) is 9.59 Å². The highest BCUT2D eigenvalue weighted by Crippen LogP contribution is 2.24. The van der Waals surface area contributed by atoms with Gasteiger partial charge in [0.05, 0.1) is 12.2 Å². The smallest absolute Gasteiger partial charge is 0.252 e. The molecule has 2 amide bonds. The number of rotatable bonds is 9. The molecule has 0 aromatic heterocycles. The van der Waals surface area contributed by atoms with E-state index >= 15 is 0 Å². The molecule has 0 heterocycles. The van der Waals surface area contributed by atoms with E-state index in [1.54, 1.807) is 18.2 Å². The summed E-state index contributed by atoms with van der Waals surface area (Å²) in [4.78, 5) is 24.6. The molecule has 0 fully saturated rings. The van der Waals surface area contributed by atoms with E-state index in [-0.39, 0.29) is 17.2 Å². The third kappa shape index (κ3) is 7.81. The number of carbonyl (C=O) groups excluding carboxylic acids is 2. The van der Waals surface area contributed by atoms with Crippen LogP contribution in [0.5, 0.6) is 5.75 Å². The molecule has 0 unspecified atom stereocenters. The van der Waals surface area contributed by atoms with Crippen molar-refractivity contribution in [1.82, 2.24) is 10.6 Å². The van der Waals surface area contributed by atoms with E-state index in [1.807, 2.05) is 18.2 Å². The zero-order valence-electron chi connectivity index (χ0n) is 17.3. The summed E-state index contributed by atoms with van der Waals surface area (Å²) >= 11 is 4.26. The topological polar surface area (TPSA) is 67.4 Å². The second-order valence-electron chi connectivity index (χ2n) is 7.85. The van der Waals surface area contributed by atoms with E-state index < -0.39 is 0 Å². The zero-order chi connectivity index (χ0) is 21.3. The normalized spacial score (nSPS) is 11.0. The molecule has 0 saturated carbocycles. The van der Waals surface area contributed by atoms with Crippen LogP contribution in [0.15, 0.2) is 53.4 Å². The average Bonchev–Trinajstić information content (AvgIpc) is 2.68. The van der Waals surface area contributed by atoms with Crippen molar-refractivity contribution >= 4 is 24.4 Å². The quantitative estimate of drug-likeness (QED) is 0.429. The standard InChI is InChI=1S/C23H30N2O3S/c1-23(2,3)17-10-12-18(13-11-17)28-16-6-9-21(26)24-14-15-25-22(27)19-7-4-5-8-20(19)29/h4-5,7-8,10-13,29H,6,9,14-16H2,1-3H3,(H,24,26)(H,25,27). The minimum absolute atomic E-state index is 0.0551. The van der Waals surface area contributed by atoms with Crippen LogP contribution in [0.3, 0.4) is 0 Å². The molecule has 2 rings (SSSR count). The molecule has 6 heteroatoms. The Hall–Kier alpha value is -2.47. The second-order valence-corrected chi connectivity index (χ2v) is 8.33. The number of nitrogens with one attached hydrogen (secondary N) is 2. The van der Waals surface area contributed by atoms with Crippen LogP contribution in [-0.4, -0.2) is 31.5 Å². The van der Waals surface area contributed by atoms with Gasteiger partial charge in [-0.15, -0.1) is 12.6 Å². The van der Waals surface area contributed by atoms with Gasteiger partial charge in [0.1, 0.15) is 5.75 Å². The van der Waals surface area contributed by atoms with Crippen molar-refractivity contribution in [3.05, 3.63) is 59.7 Å². The Morgan fingerprint density at radius 1 is 0.966 bits per heavy atom. The van der Waals surface area contributed by atoms with Crippen LogP contribution in [0, 0.1) is 0 Å². The van der Waals surface area contributed by atoms with E-state index in [1.165, 1.54) is 5.56 Å². The molecule has 0 aliphatic rings. The molecule has 2 aromatic carbocycles. The number of benzene rings is 2. The molecule has 2 N–H and O–H groups in total. The molecule has 0 radical (unpaired) electrons. The van der Waals surface area contributed by atoms with Crippen molar-refractivity contribution in [2.45, 2.75) is 43.9 Å². The maximum absolute atomic E-state index is 12.0. The second kappa shape index (κ2) is 10.9. The summed E-state index contributed by atoms with van der Waals surface area (Å²) in [5, 5.41) is 5.57. The first-order chi connectivity index (χ1) is 13.8. The summed E-state index contributed by atoms with van der Waals surface area (Å²) in [6.07, 6.45) is 1.01. The summed E-state index contributed by atoms with van der Waals surface area (Å²) in [5.74, 6) is 0.557. The van der Waals surface area contributed by atoms with Gasteiger partial charge in [0, 0.05) is 24.4 Å². The largest absolute Gasteiger partial charge is 0.494 e. The zero-order valence-corrected chi connectivity index (χ0v) is 18.2. The van der Waals surface area contributed by atoms with Crippen LogP contribution in [0.4, 0.5) is 0 Å². The number of carbonyl (C=O) groups is 2. The van der Waals surface area contributed by atoms with E-state index in [0.29, 0.717) is 43.0 Å². The fraction of sp³-hybridized carbons (Fsp3) is 0.391. The number of hydrogen-bond acceptors (Lipinski definition) is 4. The number of hydrogen-bond donors (Lipinski definition) is 3. The monoisotopic (exact) mass is 414 g/mol. The minimum Gasteiger partial charge on any atom is -0.494 e. The summed E-state index contributed by atoms with van der Waals surface area (Å²) in [7, 11) is 0. The summed E-state index contributed by atoms with van der Waals surface area (Å²) < 4.78 is 5.70. The summed E-state index contributed by atoms with van der Waals surface area (Å²) in [6, 6.07) is 15.2. The molecule has 0 aliphatic carbocycles. The SMILES string of the molecule is CC(C)(C)c1ccc(OCCCC(=O)NCCNC(=O)c2ccccc2S)cc1. The van der Waals surface area contributed by atoms with Gasteiger partial charge < -0.3 is 15.4 Å². The van der Waals surface area contributed by atoms with Crippen molar-refractivity contribution in [3.8, 4) is 5.75 Å². The molecule has 156 valence electrons. The van der Waals surface area contributed by atoms with Gasteiger partial charge in [-0.2, -0.15) is 0 Å². The molecule has 5 nitrogen and oxygen atoms in total. The summed E-state index contributed by atoms with van der Waals surface area (Å²) in [6.45, 7) is 7.75. The van der Waals surface area contributed by atoms with Crippen LogP contribution in [0.25, 0.3) is 0 Å².